The quantitative estimate of drug-likeness (QED) is 0.442. The van der Waals surface area contributed by atoms with E-state index in [2.05, 4.69) is 10.3 Å². The number of halogens is 2. The number of nitrogens with one attached hydrogen (secondary N) is 1. The van der Waals surface area contributed by atoms with E-state index in [1.54, 1.807) is 36.4 Å². The monoisotopic (exact) mass is 461 g/mol. The standard InChI is InChI=1S/C21H17ClFN3O2S2/c22-14-3-7-16(8-4-14)26-20(28)19-17(9-10-29-19)25-21(26)30-12-18(27)24-11-13-1-5-15(23)6-2-13/h1-8H,9-12H2,(H,24,27). The summed E-state index contributed by atoms with van der Waals surface area (Å²) in [5, 5.41) is 3.85. The Bertz CT molecular complexity index is 1130. The van der Waals surface area contributed by atoms with Gasteiger partial charge in [0.25, 0.3) is 5.56 Å². The highest BCUT2D eigenvalue weighted by Crippen LogP contribution is 2.30. The van der Waals surface area contributed by atoms with Crippen LogP contribution >= 0.6 is 35.1 Å². The minimum atomic E-state index is -0.318. The Morgan fingerprint density at radius 2 is 1.93 bits per heavy atom. The SMILES string of the molecule is O=C(CSc1nc2c(c(=O)n1-c1ccc(Cl)cc1)SCC2)NCc1ccc(F)cc1. The van der Waals surface area contributed by atoms with E-state index in [1.807, 2.05) is 0 Å². The lowest BCUT2D eigenvalue weighted by Crippen LogP contribution is -2.27. The molecule has 154 valence electrons. The Morgan fingerprint density at radius 1 is 1.20 bits per heavy atom. The van der Waals surface area contributed by atoms with Gasteiger partial charge in [-0.3, -0.25) is 14.2 Å². The Kier molecular flexibility index (Phi) is 6.46. The van der Waals surface area contributed by atoms with Gasteiger partial charge in [0.2, 0.25) is 5.91 Å². The summed E-state index contributed by atoms with van der Waals surface area (Å²) in [4.78, 5) is 30.7. The maximum Gasteiger partial charge on any atom is 0.272 e. The second kappa shape index (κ2) is 9.24. The van der Waals surface area contributed by atoms with Crippen LogP contribution < -0.4 is 10.9 Å². The van der Waals surface area contributed by atoms with Crippen LogP contribution in [-0.4, -0.2) is 27.0 Å². The lowest BCUT2D eigenvalue weighted by molar-refractivity contribution is -0.118. The number of amides is 1. The van der Waals surface area contributed by atoms with E-state index >= 15 is 0 Å². The maximum atomic E-state index is 13.1. The van der Waals surface area contributed by atoms with E-state index in [-0.39, 0.29) is 23.0 Å². The fourth-order valence-electron chi connectivity index (χ4n) is 2.99. The molecule has 1 aromatic heterocycles. The van der Waals surface area contributed by atoms with Crippen molar-refractivity contribution in [2.24, 2.45) is 0 Å². The molecule has 1 aliphatic heterocycles. The van der Waals surface area contributed by atoms with Crippen molar-refractivity contribution in [3.05, 3.63) is 81.0 Å². The van der Waals surface area contributed by atoms with E-state index in [0.29, 0.717) is 27.3 Å². The molecular weight excluding hydrogens is 445 g/mol. The largest absolute Gasteiger partial charge is 0.351 e. The first-order valence-electron chi connectivity index (χ1n) is 9.20. The molecule has 1 amide bonds. The number of fused-ring (bicyclic) bond motifs is 1. The van der Waals surface area contributed by atoms with Crippen molar-refractivity contribution in [3.63, 3.8) is 0 Å². The average Bonchev–Trinajstić information content (AvgIpc) is 3.22. The van der Waals surface area contributed by atoms with Crippen LogP contribution in [0.4, 0.5) is 4.39 Å². The zero-order valence-electron chi connectivity index (χ0n) is 15.7. The molecule has 3 aromatic rings. The van der Waals surface area contributed by atoms with Gasteiger partial charge >= 0.3 is 0 Å². The second-order valence-electron chi connectivity index (χ2n) is 6.58. The van der Waals surface area contributed by atoms with Crippen molar-refractivity contribution >= 4 is 41.0 Å². The van der Waals surface area contributed by atoms with Crippen molar-refractivity contribution in [1.29, 1.82) is 0 Å². The molecule has 0 unspecified atom stereocenters. The van der Waals surface area contributed by atoms with Gasteiger partial charge in [0, 0.05) is 23.7 Å². The van der Waals surface area contributed by atoms with Crippen molar-refractivity contribution in [3.8, 4) is 5.69 Å². The molecule has 4 rings (SSSR count). The second-order valence-corrected chi connectivity index (χ2v) is 9.06. The molecule has 1 N–H and O–H groups in total. The molecule has 0 spiro atoms. The molecule has 2 heterocycles. The first-order valence-corrected chi connectivity index (χ1v) is 11.5. The van der Waals surface area contributed by atoms with E-state index in [1.165, 1.54) is 40.2 Å². The Morgan fingerprint density at radius 3 is 2.67 bits per heavy atom. The van der Waals surface area contributed by atoms with Gasteiger partial charge in [0.05, 0.1) is 22.0 Å². The number of carbonyl (C=O) groups excluding carboxylic acids is 1. The lowest BCUT2D eigenvalue weighted by Gasteiger charge is -2.14. The summed E-state index contributed by atoms with van der Waals surface area (Å²) in [5.74, 6) is 0.412. The van der Waals surface area contributed by atoms with Gasteiger partial charge in [-0.05, 0) is 42.0 Å². The number of benzene rings is 2. The number of aryl methyl sites for hydroxylation is 1. The van der Waals surface area contributed by atoms with Gasteiger partial charge in [-0.25, -0.2) is 9.37 Å². The molecule has 0 atom stereocenters. The Labute approximate surface area is 186 Å². The highest BCUT2D eigenvalue weighted by atomic mass is 35.5. The number of hydrogen-bond donors (Lipinski definition) is 1. The maximum absolute atomic E-state index is 13.1. The number of aromatic nitrogens is 2. The molecule has 0 bridgehead atoms. The topological polar surface area (TPSA) is 64.0 Å². The highest BCUT2D eigenvalue weighted by molar-refractivity contribution is 8.00. The number of nitrogens with zero attached hydrogens (tertiary/aromatic N) is 2. The highest BCUT2D eigenvalue weighted by Gasteiger charge is 2.23. The summed E-state index contributed by atoms with van der Waals surface area (Å²) < 4.78 is 14.5. The molecule has 5 nitrogen and oxygen atoms in total. The van der Waals surface area contributed by atoms with Crippen molar-refractivity contribution < 1.29 is 9.18 Å². The lowest BCUT2D eigenvalue weighted by atomic mass is 10.2. The fraction of sp³-hybridized carbons (Fsp3) is 0.190. The first-order chi connectivity index (χ1) is 14.5. The molecule has 0 saturated heterocycles. The van der Waals surface area contributed by atoms with Crippen LogP contribution in [0.3, 0.4) is 0 Å². The summed E-state index contributed by atoms with van der Waals surface area (Å²) in [6, 6.07) is 12.9. The molecule has 0 saturated carbocycles. The van der Waals surface area contributed by atoms with Crippen LogP contribution in [0.25, 0.3) is 5.69 Å². The zero-order valence-corrected chi connectivity index (χ0v) is 18.1. The molecule has 0 aliphatic carbocycles. The van der Waals surface area contributed by atoms with E-state index in [4.69, 9.17) is 11.6 Å². The summed E-state index contributed by atoms with van der Waals surface area (Å²) in [7, 11) is 0. The number of thioether (sulfide) groups is 2. The van der Waals surface area contributed by atoms with Crippen molar-refractivity contribution in [2.75, 3.05) is 11.5 Å². The zero-order chi connectivity index (χ0) is 21.1. The fourth-order valence-corrected chi connectivity index (χ4v) is 5.00. The minimum Gasteiger partial charge on any atom is -0.351 e. The van der Waals surface area contributed by atoms with Crippen LogP contribution in [-0.2, 0) is 17.8 Å². The Hall–Kier alpha value is -2.29. The summed E-state index contributed by atoms with van der Waals surface area (Å²) in [6.45, 7) is 0.303. The van der Waals surface area contributed by atoms with Gasteiger partial charge in [-0.15, -0.1) is 11.8 Å². The molecule has 0 radical (unpaired) electrons. The van der Waals surface area contributed by atoms with Gasteiger partial charge in [0.15, 0.2) is 5.16 Å². The minimum absolute atomic E-state index is 0.104. The van der Waals surface area contributed by atoms with Crippen molar-refractivity contribution in [2.45, 2.75) is 23.0 Å². The smallest absolute Gasteiger partial charge is 0.272 e. The van der Waals surface area contributed by atoms with E-state index in [0.717, 1.165) is 23.4 Å². The third-order valence-corrected chi connectivity index (χ3v) is 6.78. The van der Waals surface area contributed by atoms with Crippen LogP contribution in [0.1, 0.15) is 11.3 Å². The van der Waals surface area contributed by atoms with E-state index in [9.17, 15) is 14.0 Å². The van der Waals surface area contributed by atoms with Gasteiger partial charge < -0.3 is 5.32 Å². The molecule has 9 heteroatoms. The third-order valence-electron chi connectivity index (χ3n) is 4.49. The molecule has 2 aromatic carbocycles. The predicted octanol–water partition coefficient (Wildman–Crippen LogP) is 4.08. The van der Waals surface area contributed by atoms with Crippen LogP contribution in [0.5, 0.6) is 0 Å². The normalized spacial score (nSPS) is 12.6. The van der Waals surface area contributed by atoms with E-state index < -0.39 is 0 Å². The first kappa shape index (κ1) is 21.0. The number of carbonyl (C=O) groups is 1. The van der Waals surface area contributed by atoms with Crippen LogP contribution in [0, 0.1) is 5.82 Å². The summed E-state index contributed by atoms with van der Waals surface area (Å²) in [5.41, 5.74) is 2.12. The predicted molar refractivity (Wildman–Crippen MR) is 118 cm³/mol. The van der Waals surface area contributed by atoms with Crippen LogP contribution in [0.15, 0.2) is 63.4 Å². The molecule has 0 fully saturated rings. The average molecular weight is 462 g/mol. The van der Waals surface area contributed by atoms with Crippen molar-refractivity contribution in [1.82, 2.24) is 14.9 Å². The number of hydrogen-bond acceptors (Lipinski definition) is 5. The van der Waals surface area contributed by atoms with Crippen LogP contribution in [0.2, 0.25) is 5.02 Å². The third kappa shape index (κ3) is 4.71. The summed E-state index contributed by atoms with van der Waals surface area (Å²) >= 11 is 8.70. The molecular formula is C21H17ClFN3O2S2. The van der Waals surface area contributed by atoms with Gasteiger partial charge in [-0.1, -0.05) is 35.5 Å². The summed E-state index contributed by atoms with van der Waals surface area (Å²) in [6.07, 6.45) is 0.737. The van der Waals surface area contributed by atoms with Gasteiger partial charge in [0.1, 0.15) is 5.82 Å². The van der Waals surface area contributed by atoms with Gasteiger partial charge in [-0.2, -0.15) is 0 Å². The Balaban J connectivity index is 1.52. The molecule has 30 heavy (non-hydrogen) atoms. The molecule has 1 aliphatic rings. The number of rotatable bonds is 6.